The van der Waals surface area contributed by atoms with E-state index in [1.54, 1.807) is 0 Å². The lowest BCUT2D eigenvalue weighted by molar-refractivity contribution is 0.233. The normalized spacial score (nSPS) is 12.4. The van der Waals surface area contributed by atoms with Crippen LogP contribution < -0.4 is 10.1 Å². The van der Waals surface area contributed by atoms with Crippen LogP contribution in [0.4, 0.5) is 0 Å². The van der Waals surface area contributed by atoms with E-state index in [1.807, 2.05) is 12.1 Å². The zero-order valence-corrected chi connectivity index (χ0v) is 11.5. The lowest BCUT2D eigenvalue weighted by atomic mass is 10.0. The van der Waals surface area contributed by atoms with Gasteiger partial charge in [0.1, 0.15) is 5.75 Å². The molecular formula is C15H25NO2. The van der Waals surface area contributed by atoms with E-state index in [9.17, 15) is 0 Å². The van der Waals surface area contributed by atoms with E-state index < -0.39 is 0 Å². The molecule has 3 nitrogen and oxygen atoms in total. The van der Waals surface area contributed by atoms with Gasteiger partial charge in [-0.15, -0.1) is 0 Å². The van der Waals surface area contributed by atoms with Crippen molar-refractivity contribution in [2.45, 2.75) is 39.2 Å². The summed E-state index contributed by atoms with van der Waals surface area (Å²) in [5.41, 5.74) is 1.27. The topological polar surface area (TPSA) is 41.5 Å². The fraction of sp³-hybridized carbons (Fsp3) is 0.600. The van der Waals surface area contributed by atoms with E-state index in [-0.39, 0.29) is 6.61 Å². The van der Waals surface area contributed by atoms with Crippen molar-refractivity contribution < 1.29 is 9.84 Å². The van der Waals surface area contributed by atoms with Crippen LogP contribution >= 0.6 is 0 Å². The van der Waals surface area contributed by atoms with Gasteiger partial charge < -0.3 is 15.2 Å². The Bertz CT molecular complexity index is 328. The minimum Gasteiger partial charge on any atom is -0.493 e. The highest BCUT2D eigenvalue weighted by Gasteiger charge is 2.08. The summed E-state index contributed by atoms with van der Waals surface area (Å²) in [5.74, 6) is 0.887. The van der Waals surface area contributed by atoms with Crippen LogP contribution in [0.25, 0.3) is 0 Å². The van der Waals surface area contributed by atoms with Crippen LogP contribution in [-0.4, -0.2) is 24.9 Å². The van der Waals surface area contributed by atoms with Gasteiger partial charge in [0.05, 0.1) is 6.61 Å². The van der Waals surface area contributed by atoms with Gasteiger partial charge in [-0.3, -0.25) is 0 Å². The maximum atomic E-state index is 8.73. The smallest absolute Gasteiger partial charge is 0.119 e. The Hall–Kier alpha value is -1.06. The predicted octanol–water partition coefficient (Wildman–Crippen LogP) is 2.90. The van der Waals surface area contributed by atoms with Crippen LogP contribution in [0.15, 0.2) is 24.3 Å². The standard InChI is InChI=1S/C15H25NO2/c1-3-9-16-15(4-2)13-7-5-8-14(12-13)18-11-6-10-17/h5,7-8,12,15-17H,3-4,6,9-11H2,1-2H3. The van der Waals surface area contributed by atoms with Gasteiger partial charge in [-0.2, -0.15) is 0 Å². The third-order valence-corrected chi connectivity index (χ3v) is 2.88. The Morgan fingerprint density at radius 1 is 1.33 bits per heavy atom. The van der Waals surface area contributed by atoms with Gasteiger partial charge in [-0.25, -0.2) is 0 Å². The third-order valence-electron chi connectivity index (χ3n) is 2.88. The number of benzene rings is 1. The Balaban J connectivity index is 2.60. The minimum atomic E-state index is 0.176. The molecule has 0 aliphatic rings. The van der Waals surface area contributed by atoms with Gasteiger partial charge in [0.15, 0.2) is 0 Å². The molecule has 1 aromatic rings. The van der Waals surface area contributed by atoms with Crippen molar-refractivity contribution in [3.8, 4) is 5.75 Å². The molecule has 18 heavy (non-hydrogen) atoms. The number of nitrogens with one attached hydrogen (secondary N) is 1. The van der Waals surface area contributed by atoms with E-state index in [4.69, 9.17) is 9.84 Å². The van der Waals surface area contributed by atoms with Gasteiger partial charge in [0.25, 0.3) is 0 Å². The first-order valence-corrected chi connectivity index (χ1v) is 6.88. The molecule has 1 atom stereocenters. The number of aliphatic hydroxyl groups excluding tert-OH is 1. The van der Waals surface area contributed by atoms with Gasteiger partial charge in [-0.05, 0) is 37.1 Å². The van der Waals surface area contributed by atoms with Crippen LogP contribution in [0.1, 0.15) is 44.7 Å². The molecule has 0 saturated heterocycles. The molecule has 0 heterocycles. The molecule has 1 aromatic carbocycles. The number of hydrogen-bond donors (Lipinski definition) is 2. The number of ether oxygens (including phenoxy) is 1. The summed E-state index contributed by atoms with van der Waals surface area (Å²) in [5, 5.41) is 12.3. The average molecular weight is 251 g/mol. The molecule has 0 saturated carbocycles. The molecule has 1 unspecified atom stereocenters. The number of rotatable bonds is 9. The maximum absolute atomic E-state index is 8.73. The monoisotopic (exact) mass is 251 g/mol. The molecule has 3 heteroatoms. The van der Waals surface area contributed by atoms with E-state index in [0.717, 1.165) is 25.1 Å². The summed E-state index contributed by atoms with van der Waals surface area (Å²) in [4.78, 5) is 0. The Kier molecular flexibility index (Phi) is 7.46. The zero-order chi connectivity index (χ0) is 13.2. The largest absolute Gasteiger partial charge is 0.493 e. The van der Waals surface area contributed by atoms with Gasteiger partial charge in [0.2, 0.25) is 0 Å². The van der Waals surface area contributed by atoms with Crippen molar-refractivity contribution in [3.05, 3.63) is 29.8 Å². The highest BCUT2D eigenvalue weighted by atomic mass is 16.5. The fourth-order valence-electron chi connectivity index (χ4n) is 1.89. The Morgan fingerprint density at radius 3 is 2.83 bits per heavy atom. The predicted molar refractivity (Wildman–Crippen MR) is 75.0 cm³/mol. The third kappa shape index (κ3) is 5.07. The maximum Gasteiger partial charge on any atom is 0.119 e. The molecule has 0 radical (unpaired) electrons. The highest BCUT2D eigenvalue weighted by Crippen LogP contribution is 2.21. The van der Waals surface area contributed by atoms with E-state index in [1.165, 1.54) is 5.56 Å². The molecule has 1 rings (SSSR count). The molecule has 0 amide bonds. The molecule has 2 N–H and O–H groups in total. The van der Waals surface area contributed by atoms with Crippen molar-refractivity contribution in [3.63, 3.8) is 0 Å². The van der Waals surface area contributed by atoms with Crippen LogP contribution in [-0.2, 0) is 0 Å². The molecule has 102 valence electrons. The molecular weight excluding hydrogens is 226 g/mol. The second-order valence-corrected chi connectivity index (χ2v) is 4.41. The second kappa shape index (κ2) is 8.95. The van der Waals surface area contributed by atoms with Crippen molar-refractivity contribution in [1.82, 2.24) is 5.32 Å². The van der Waals surface area contributed by atoms with E-state index in [0.29, 0.717) is 19.1 Å². The minimum absolute atomic E-state index is 0.176. The Morgan fingerprint density at radius 2 is 2.17 bits per heavy atom. The molecule has 0 aromatic heterocycles. The first-order valence-electron chi connectivity index (χ1n) is 6.88. The summed E-state index contributed by atoms with van der Waals surface area (Å²) in [6.45, 7) is 6.14. The SMILES string of the molecule is CCCNC(CC)c1cccc(OCCCO)c1. The molecule has 0 fully saturated rings. The molecule has 0 spiro atoms. The quantitative estimate of drug-likeness (QED) is 0.663. The molecule has 0 bridgehead atoms. The van der Waals surface area contributed by atoms with Crippen molar-refractivity contribution in [1.29, 1.82) is 0 Å². The van der Waals surface area contributed by atoms with E-state index >= 15 is 0 Å². The van der Waals surface area contributed by atoms with Gasteiger partial charge >= 0.3 is 0 Å². The molecule has 0 aliphatic carbocycles. The van der Waals surface area contributed by atoms with Crippen molar-refractivity contribution in [2.75, 3.05) is 19.8 Å². The van der Waals surface area contributed by atoms with Crippen LogP contribution in [0.3, 0.4) is 0 Å². The second-order valence-electron chi connectivity index (χ2n) is 4.41. The summed E-state index contributed by atoms with van der Waals surface area (Å²) < 4.78 is 5.60. The van der Waals surface area contributed by atoms with Crippen LogP contribution in [0.5, 0.6) is 5.75 Å². The lowest BCUT2D eigenvalue weighted by Gasteiger charge is -2.18. The number of aliphatic hydroxyl groups is 1. The average Bonchev–Trinajstić information content (AvgIpc) is 2.40. The van der Waals surface area contributed by atoms with Crippen LogP contribution in [0.2, 0.25) is 0 Å². The van der Waals surface area contributed by atoms with E-state index in [2.05, 4.69) is 31.3 Å². The fourth-order valence-corrected chi connectivity index (χ4v) is 1.89. The summed E-state index contributed by atoms with van der Waals surface area (Å²) in [7, 11) is 0. The summed E-state index contributed by atoms with van der Waals surface area (Å²) in [6.07, 6.45) is 2.89. The first kappa shape index (κ1) is 15.0. The Labute approximate surface area is 110 Å². The van der Waals surface area contributed by atoms with Gasteiger partial charge in [-0.1, -0.05) is 26.0 Å². The van der Waals surface area contributed by atoms with Crippen molar-refractivity contribution in [2.24, 2.45) is 0 Å². The molecule has 0 aliphatic heterocycles. The summed E-state index contributed by atoms with van der Waals surface area (Å²) in [6, 6.07) is 8.61. The van der Waals surface area contributed by atoms with Gasteiger partial charge in [0, 0.05) is 19.1 Å². The number of hydrogen-bond acceptors (Lipinski definition) is 3. The summed E-state index contributed by atoms with van der Waals surface area (Å²) >= 11 is 0. The lowest BCUT2D eigenvalue weighted by Crippen LogP contribution is -2.21. The highest BCUT2D eigenvalue weighted by molar-refractivity contribution is 5.30. The van der Waals surface area contributed by atoms with Crippen molar-refractivity contribution >= 4 is 0 Å². The zero-order valence-electron chi connectivity index (χ0n) is 11.5. The van der Waals surface area contributed by atoms with Crippen LogP contribution in [0, 0.1) is 0 Å². The first-order chi connectivity index (χ1) is 8.81.